The molecule has 0 unspecified atom stereocenters. The van der Waals surface area contributed by atoms with E-state index < -0.39 is 5.41 Å². The molecule has 1 heterocycles. The summed E-state index contributed by atoms with van der Waals surface area (Å²) in [5.41, 5.74) is 1.13. The average molecular weight is 291 g/mol. The molecule has 0 N–H and O–H groups in total. The van der Waals surface area contributed by atoms with Crippen LogP contribution in [0.3, 0.4) is 0 Å². The minimum atomic E-state index is -0.735. The van der Waals surface area contributed by atoms with Crippen molar-refractivity contribution in [3.63, 3.8) is 0 Å². The van der Waals surface area contributed by atoms with Gasteiger partial charge in [-0.25, -0.2) is 0 Å². The standard InChI is InChI=1S/C16H21NO2S/c1-15(2,3)20-13(18)10-16(4)11-8-6-7-9-12(11)17(5)14(16)19/h6-9H,10H2,1-5H3/t16-/m0/s1. The third-order valence-corrected chi connectivity index (χ3v) is 4.54. The number of anilines is 1. The predicted octanol–water partition coefficient (Wildman–Crippen LogP) is 3.37. The van der Waals surface area contributed by atoms with E-state index in [1.807, 2.05) is 52.0 Å². The van der Waals surface area contributed by atoms with Gasteiger partial charge in [0, 0.05) is 23.9 Å². The number of fused-ring (bicyclic) bond motifs is 1. The highest BCUT2D eigenvalue weighted by molar-refractivity contribution is 8.14. The molecular formula is C16H21NO2S. The number of thioether (sulfide) groups is 1. The highest BCUT2D eigenvalue weighted by Crippen LogP contribution is 2.44. The molecule has 0 aliphatic carbocycles. The van der Waals surface area contributed by atoms with Gasteiger partial charge in [0.15, 0.2) is 5.12 Å². The number of hydrogen-bond donors (Lipinski definition) is 0. The van der Waals surface area contributed by atoms with E-state index >= 15 is 0 Å². The maximum Gasteiger partial charge on any atom is 0.237 e. The summed E-state index contributed by atoms with van der Waals surface area (Å²) in [6.07, 6.45) is 0.245. The van der Waals surface area contributed by atoms with E-state index in [1.54, 1.807) is 11.9 Å². The van der Waals surface area contributed by atoms with E-state index in [9.17, 15) is 9.59 Å². The van der Waals surface area contributed by atoms with Gasteiger partial charge in [0.2, 0.25) is 5.91 Å². The van der Waals surface area contributed by atoms with Gasteiger partial charge in [0.25, 0.3) is 0 Å². The van der Waals surface area contributed by atoms with E-state index in [2.05, 4.69) is 0 Å². The van der Waals surface area contributed by atoms with Crippen molar-refractivity contribution in [3.8, 4) is 0 Å². The van der Waals surface area contributed by atoms with Gasteiger partial charge >= 0.3 is 0 Å². The van der Waals surface area contributed by atoms with Gasteiger partial charge in [-0.3, -0.25) is 9.59 Å². The van der Waals surface area contributed by atoms with E-state index in [0.717, 1.165) is 11.3 Å². The number of para-hydroxylation sites is 1. The van der Waals surface area contributed by atoms with Gasteiger partial charge in [-0.15, -0.1) is 0 Å². The molecule has 1 aromatic rings. The Balaban J connectivity index is 2.31. The van der Waals surface area contributed by atoms with Gasteiger partial charge in [-0.2, -0.15) is 0 Å². The van der Waals surface area contributed by atoms with Crippen molar-refractivity contribution in [3.05, 3.63) is 29.8 Å². The van der Waals surface area contributed by atoms with Crippen LogP contribution in [0.5, 0.6) is 0 Å². The first-order valence-electron chi connectivity index (χ1n) is 6.75. The molecule has 4 heteroatoms. The fraction of sp³-hybridized carbons (Fsp3) is 0.500. The summed E-state index contributed by atoms with van der Waals surface area (Å²) in [6, 6.07) is 7.72. The second kappa shape index (κ2) is 4.92. The van der Waals surface area contributed by atoms with E-state index in [1.165, 1.54) is 11.8 Å². The Morgan fingerprint density at radius 1 is 1.30 bits per heavy atom. The van der Waals surface area contributed by atoms with Gasteiger partial charge in [-0.05, 0) is 18.6 Å². The molecule has 1 atom stereocenters. The SMILES string of the molecule is CN1C(=O)[C@@](C)(CC(=O)SC(C)(C)C)c2ccccc21. The lowest BCUT2D eigenvalue weighted by atomic mass is 9.81. The minimum absolute atomic E-state index is 0.00144. The number of likely N-dealkylation sites (N-methyl/N-ethyl adjacent to an activating group) is 1. The molecule has 1 aliphatic heterocycles. The topological polar surface area (TPSA) is 37.4 Å². The molecule has 0 saturated carbocycles. The number of carbonyl (C=O) groups is 2. The first kappa shape index (κ1) is 15.1. The van der Waals surface area contributed by atoms with Crippen LogP contribution < -0.4 is 4.90 Å². The Morgan fingerprint density at radius 2 is 1.90 bits per heavy atom. The summed E-state index contributed by atoms with van der Waals surface area (Å²) in [7, 11) is 1.77. The van der Waals surface area contributed by atoms with Crippen molar-refractivity contribution in [2.75, 3.05) is 11.9 Å². The van der Waals surface area contributed by atoms with Crippen molar-refractivity contribution in [1.29, 1.82) is 0 Å². The number of carbonyl (C=O) groups excluding carboxylic acids is 2. The van der Waals surface area contributed by atoms with E-state index in [0.29, 0.717) is 0 Å². The van der Waals surface area contributed by atoms with Gasteiger partial charge in [-0.1, -0.05) is 50.7 Å². The molecule has 20 heavy (non-hydrogen) atoms. The zero-order chi connectivity index (χ0) is 15.1. The largest absolute Gasteiger partial charge is 0.314 e. The summed E-state index contributed by atoms with van der Waals surface area (Å²) in [5.74, 6) is 0.00144. The van der Waals surface area contributed by atoms with Crippen LogP contribution >= 0.6 is 11.8 Å². The lowest BCUT2D eigenvalue weighted by molar-refractivity contribution is -0.125. The number of rotatable bonds is 2. The second-order valence-electron chi connectivity index (χ2n) is 6.48. The monoisotopic (exact) mass is 291 g/mol. The van der Waals surface area contributed by atoms with Crippen LogP contribution in [0.4, 0.5) is 5.69 Å². The molecule has 3 nitrogen and oxygen atoms in total. The van der Waals surface area contributed by atoms with Crippen LogP contribution in [-0.4, -0.2) is 22.8 Å². The maximum atomic E-state index is 12.5. The highest BCUT2D eigenvalue weighted by atomic mass is 32.2. The number of benzene rings is 1. The van der Waals surface area contributed by atoms with Crippen LogP contribution in [0.15, 0.2) is 24.3 Å². The van der Waals surface area contributed by atoms with Crippen LogP contribution in [0.1, 0.15) is 39.7 Å². The Hall–Kier alpha value is -1.29. The molecule has 108 valence electrons. The molecule has 0 spiro atoms. The van der Waals surface area contributed by atoms with Crippen molar-refractivity contribution in [2.24, 2.45) is 0 Å². The van der Waals surface area contributed by atoms with Gasteiger partial charge in [0.05, 0.1) is 5.41 Å². The lowest BCUT2D eigenvalue weighted by Crippen LogP contribution is -2.37. The van der Waals surface area contributed by atoms with E-state index in [4.69, 9.17) is 0 Å². The van der Waals surface area contributed by atoms with Crippen LogP contribution in [-0.2, 0) is 15.0 Å². The zero-order valence-corrected chi connectivity index (χ0v) is 13.5. The molecule has 2 rings (SSSR count). The van der Waals surface area contributed by atoms with Gasteiger partial charge in [0.1, 0.15) is 0 Å². The maximum absolute atomic E-state index is 12.5. The molecular weight excluding hydrogens is 270 g/mol. The average Bonchev–Trinajstić information content (AvgIpc) is 2.50. The van der Waals surface area contributed by atoms with Gasteiger partial charge < -0.3 is 4.90 Å². The Bertz CT molecular complexity index is 562. The van der Waals surface area contributed by atoms with Crippen molar-refractivity contribution >= 4 is 28.5 Å². The van der Waals surface area contributed by atoms with Crippen molar-refractivity contribution in [2.45, 2.75) is 44.3 Å². The number of amides is 1. The lowest BCUT2D eigenvalue weighted by Gasteiger charge is -2.24. The predicted molar refractivity (Wildman–Crippen MR) is 84.2 cm³/mol. The fourth-order valence-corrected chi connectivity index (χ4v) is 3.71. The molecule has 0 aromatic heterocycles. The molecule has 0 saturated heterocycles. The summed E-state index contributed by atoms with van der Waals surface area (Å²) >= 11 is 1.31. The summed E-state index contributed by atoms with van der Waals surface area (Å²) < 4.78 is -0.124. The first-order chi connectivity index (χ1) is 9.15. The summed E-state index contributed by atoms with van der Waals surface area (Å²) in [5, 5.41) is 0.0680. The minimum Gasteiger partial charge on any atom is -0.314 e. The second-order valence-corrected chi connectivity index (χ2v) is 8.36. The molecule has 1 amide bonds. The summed E-state index contributed by atoms with van der Waals surface area (Å²) in [4.78, 5) is 26.5. The smallest absolute Gasteiger partial charge is 0.237 e. The molecule has 1 aliphatic rings. The van der Waals surface area contributed by atoms with Crippen molar-refractivity contribution in [1.82, 2.24) is 0 Å². The van der Waals surface area contributed by atoms with Crippen molar-refractivity contribution < 1.29 is 9.59 Å². The molecule has 0 radical (unpaired) electrons. The van der Waals surface area contributed by atoms with Crippen LogP contribution in [0.25, 0.3) is 0 Å². The molecule has 1 aromatic carbocycles. The third kappa shape index (κ3) is 2.62. The Morgan fingerprint density at radius 3 is 2.50 bits per heavy atom. The Labute approximate surface area is 124 Å². The quantitative estimate of drug-likeness (QED) is 0.838. The third-order valence-electron chi connectivity index (χ3n) is 3.55. The number of nitrogens with zero attached hydrogens (tertiary/aromatic N) is 1. The van der Waals surface area contributed by atoms with Crippen LogP contribution in [0.2, 0.25) is 0 Å². The normalized spacial score (nSPS) is 22.1. The van der Waals surface area contributed by atoms with Crippen LogP contribution in [0, 0.1) is 0 Å². The highest BCUT2D eigenvalue weighted by Gasteiger charge is 2.47. The fourth-order valence-electron chi connectivity index (χ4n) is 2.66. The van der Waals surface area contributed by atoms with E-state index in [-0.39, 0.29) is 22.2 Å². The zero-order valence-electron chi connectivity index (χ0n) is 12.7. The summed E-state index contributed by atoms with van der Waals surface area (Å²) in [6.45, 7) is 7.90. The number of hydrogen-bond acceptors (Lipinski definition) is 3. The Kier molecular flexibility index (Phi) is 3.71. The first-order valence-corrected chi connectivity index (χ1v) is 7.56. The molecule has 0 fully saturated rings. The molecule has 0 bridgehead atoms.